The van der Waals surface area contributed by atoms with Gasteiger partial charge in [0.2, 0.25) is 5.91 Å². The number of allylic oxidation sites excluding steroid dienone is 3. The van der Waals surface area contributed by atoms with Crippen molar-refractivity contribution in [1.82, 2.24) is 4.90 Å². The summed E-state index contributed by atoms with van der Waals surface area (Å²) in [6.07, 6.45) is 10.2. The summed E-state index contributed by atoms with van der Waals surface area (Å²) in [5, 5.41) is 0.755. The van der Waals surface area contributed by atoms with Crippen LogP contribution in [-0.2, 0) is 14.3 Å². The van der Waals surface area contributed by atoms with Crippen LogP contribution in [0.3, 0.4) is 0 Å². The third kappa shape index (κ3) is 4.94. The number of carbonyl (C=O) groups excluding carboxylic acids is 2. The highest BCUT2D eigenvalue weighted by Gasteiger charge is 2.43. The van der Waals surface area contributed by atoms with Gasteiger partial charge in [0.1, 0.15) is 5.60 Å². The number of likely N-dealkylation sites (tertiary alicyclic amines) is 1. The molecule has 1 amide bonds. The van der Waals surface area contributed by atoms with Crippen LogP contribution in [0.4, 0.5) is 0 Å². The normalized spacial score (nSPS) is 27.4. The molecular formula is C19H29BrN2O3. The Hall–Kier alpha value is -1.14. The fourth-order valence-electron chi connectivity index (χ4n) is 3.41. The molecule has 0 unspecified atom stereocenters. The van der Waals surface area contributed by atoms with Crippen LogP contribution in [0.5, 0.6) is 0 Å². The first-order chi connectivity index (χ1) is 11.7. The Morgan fingerprint density at radius 1 is 1.40 bits per heavy atom. The molecule has 0 aromatic rings. The number of nitrogens with zero attached hydrogens (tertiary/aromatic N) is 1. The SMILES string of the molecule is CC(C)(C)OC(=O)[C@@]1(C[C@H](N)C(=O)N2CCC[C@H]2CBr)C=CC=CC1. The average molecular weight is 413 g/mol. The Bertz CT molecular complexity index is 568. The van der Waals surface area contributed by atoms with Gasteiger partial charge < -0.3 is 15.4 Å². The van der Waals surface area contributed by atoms with Crippen LogP contribution in [0.2, 0.25) is 0 Å². The van der Waals surface area contributed by atoms with Gasteiger partial charge in [0.15, 0.2) is 0 Å². The van der Waals surface area contributed by atoms with Crippen molar-refractivity contribution in [2.24, 2.45) is 11.1 Å². The number of ether oxygens (including phenoxy) is 1. The van der Waals surface area contributed by atoms with E-state index in [0.29, 0.717) is 6.42 Å². The van der Waals surface area contributed by atoms with E-state index in [0.717, 1.165) is 24.7 Å². The highest BCUT2D eigenvalue weighted by Crippen LogP contribution is 2.36. The molecule has 140 valence electrons. The van der Waals surface area contributed by atoms with Crippen LogP contribution < -0.4 is 5.73 Å². The fraction of sp³-hybridized carbons (Fsp3) is 0.684. The largest absolute Gasteiger partial charge is 0.459 e. The maximum atomic E-state index is 12.8. The van der Waals surface area contributed by atoms with Crippen molar-refractivity contribution in [2.45, 2.75) is 64.1 Å². The Morgan fingerprint density at radius 3 is 2.68 bits per heavy atom. The zero-order valence-electron chi connectivity index (χ0n) is 15.3. The topological polar surface area (TPSA) is 72.6 Å². The summed E-state index contributed by atoms with van der Waals surface area (Å²) in [6.45, 7) is 6.27. The van der Waals surface area contributed by atoms with Gasteiger partial charge in [-0.3, -0.25) is 9.59 Å². The summed E-state index contributed by atoms with van der Waals surface area (Å²) in [5.74, 6) is -0.393. The standard InChI is InChI=1S/C19H29BrN2O3/c1-18(2,3)25-17(24)19(9-5-4-6-10-19)12-15(21)16(23)22-11-7-8-14(22)13-20/h4-6,9,14-15H,7-8,10-13,21H2,1-3H3/t14-,15-,19-/m0/s1. The van der Waals surface area contributed by atoms with Gasteiger partial charge in [-0.15, -0.1) is 0 Å². The molecule has 3 atom stereocenters. The van der Waals surface area contributed by atoms with E-state index in [9.17, 15) is 9.59 Å². The van der Waals surface area contributed by atoms with Crippen LogP contribution in [-0.4, -0.2) is 46.3 Å². The quantitative estimate of drug-likeness (QED) is 0.556. The van der Waals surface area contributed by atoms with Gasteiger partial charge in [0.25, 0.3) is 0 Å². The van der Waals surface area contributed by atoms with E-state index in [1.807, 2.05) is 50.0 Å². The van der Waals surface area contributed by atoms with E-state index in [-0.39, 0.29) is 24.3 Å². The second-order valence-electron chi connectivity index (χ2n) is 7.94. The molecule has 2 rings (SSSR count). The number of alkyl halides is 1. The van der Waals surface area contributed by atoms with E-state index in [4.69, 9.17) is 10.5 Å². The van der Waals surface area contributed by atoms with Gasteiger partial charge in [0, 0.05) is 17.9 Å². The van der Waals surface area contributed by atoms with Crippen molar-refractivity contribution < 1.29 is 14.3 Å². The van der Waals surface area contributed by atoms with Gasteiger partial charge >= 0.3 is 5.97 Å². The molecule has 1 fully saturated rings. The first kappa shape index (κ1) is 20.2. The summed E-state index contributed by atoms with van der Waals surface area (Å²) < 4.78 is 5.62. The van der Waals surface area contributed by atoms with Crippen molar-refractivity contribution in [2.75, 3.05) is 11.9 Å². The zero-order valence-corrected chi connectivity index (χ0v) is 16.9. The molecule has 1 heterocycles. The van der Waals surface area contributed by atoms with E-state index >= 15 is 0 Å². The first-order valence-corrected chi connectivity index (χ1v) is 10.0. The molecule has 0 spiro atoms. The number of halogens is 1. The Labute approximate surface area is 158 Å². The van der Waals surface area contributed by atoms with Gasteiger partial charge in [-0.2, -0.15) is 0 Å². The highest BCUT2D eigenvalue weighted by atomic mass is 79.9. The molecule has 1 aliphatic heterocycles. The third-order valence-corrected chi connectivity index (χ3v) is 5.44. The van der Waals surface area contributed by atoms with Crippen molar-refractivity contribution >= 4 is 27.8 Å². The Kier molecular flexibility index (Phi) is 6.49. The number of nitrogens with two attached hydrogens (primary N) is 1. The molecule has 2 aliphatic rings. The lowest BCUT2D eigenvalue weighted by Crippen LogP contribution is -2.50. The van der Waals surface area contributed by atoms with Crippen LogP contribution in [0.1, 0.15) is 46.5 Å². The van der Waals surface area contributed by atoms with Crippen LogP contribution in [0, 0.1) is 5.41 Å². The second kappa shape index (κ2) is 8.04. The predicted molar refractivity (Wildman–Crippen MR) is 102 cm³/mol. The van der Waals surface area contributed by atoms with Gasteiger partial charge in [-0.1, -0.05) is 40.2 Å². The maximum Gasteiger partial charge on any atom is 0.316 e. The Balaban J connectivity index is 2.14. The smallest absolute Gasteiger partial charge is 0.316 e. The van der Waals surface area contributed by atoms with Crippen molar-refractivity contribution in [3.63, 3.8) is 0 Å². The molecule has 1 saturated heterocycles. The molecule has 0 aromatic heterocycles. The predicted octanol–water partition coefficient (Wildman–Crippen LogP) is 2.93. The zero-order chi connectivity index (χ0) is 18.7. The second-order valence-corrected chi connectivity index (χ2v) is 8.59. The maximum absolute atomic E-state index is 12.8. The van der Waals surface area contributed by atoms with E-state index in [1.54, 1.807) is 0 Å². The number of rotatable bonds is 5. The number of hydrogen-bond acceptors (Lipinski definition) is 4. The lowest BCUT2D eigenvalue weighted by atomic mass is 9.76. The third-order valence-electron chi connectivity index (χ3n) is 4.69. The lowest BCUT2D eigenvalue weighted by molar-refractivity contribution is -0.165. The van der Waals surface area contributed by atoms with E-state index < -0.39 is 17.1 Å². The molecular weight excluding hydrogens is 384 g/mol. The molecule has 0 saturated carbocycles. The molecule has 6 heteroatoms. The summed E-state index contributed by atoms with van der Waals surface area (Å²) in [7, 11) is 0. The van der Waals surface area contributed by atoms with Crippen LogP contribution in [0.25, 0.3) is 0 Å². The average Bonchev–Trinajstić information content (AvgIpc) is 3.01. The minimum Gasteiger partial charge on any atom is -0.459 e. The van der Waals surface area contributed by atoms with Crippen LogP contribution in [0.15, 0.2) is 24.3 Å². The van der Waals surface area contributed by atoms with Crippen molar-refractivity contribution in [1.29, 1.82) is 0 Å². The molecule has 0 bridgehead atoms. The molecule has 25 heavy (non-hydrogen) atoms. The van der Waals surface area contributed by atoms with Crippen LogP contribution >= 0.6 is 15.9 Å². The number of carbonyl (C=O) groups is 2. The van der Waals surface area contributed by atoms with E-state index in [1.165, 1.54) is 0 Å². The monoisotopic (exact) mass is 412 g/mol. The Morgan fingerprint density at radius 2 is 2.12 bits per heavy atom. The first-order valence-electron chi connectivity index (χ1n) is 8.88. The summed E-state index contributed by atoms with van der Waals surface area (Å²) in [5.41, 5.74) is 4.80. The molecule has 2 N–H and O–H groups in total. The minimum atomic E-state index is -0.874. The van der Waals surface area contributed by atoms with Crippen molar-refractivity contribution in [3.05, 3.63) is 24.3 Å². The molecule has 1 aliphatic carbocycles. The number of esters is 1. The van der Waals surface area contributed by atoms with E-state index in [2.05, 4.69) is 15.9 Å². The molecule has 0 aromatic carbocycles. The summed E-state index contributed by atoms with van der Waals surface area (Å²) in [6, 6.07) is -0.527. The highest BCUT2D eigenvalue weighted by molar-refractivity contribution is 9.09. The fourth-order valence-corrected chi connectivity index (χ4v) is 4.08. The molecule has 0 radical (unpaired) electrons. The number of amides is 1. The molecule has 5 nitrogen and oxygen atoms in total. The number of hydrogen-bond donors (Lipinski definition) is 1. The minimum absolute atomic E-state index is 0.0761. The lowest BCUT2D eigenvalue weighted by Gasteiger charge is -2.35. The summed E-state index contributed by atoms with van der Waals surface area (Å²) in [4.78, 5) is 27.5. The van der Waals surface area contributed by atoms with Gasteiger partial charge in [0.05, 0.1) is 11.5 Å². The van der Waals surface area contributed by atoms with Gasteiger partial charge in [-0.25, -0.2) is 0 Å². The van der Waals surface area contributed by atoms with Gasteiger partial charge in [-0.05, 0) is 46.5 Å². The summed E-state index contributed by atoms with van der Waals surface area (Å²) >= 11 is 3.47. The van der Waals surface area contributed by atoms with Crippen molar-refractivity contribution in [3.8, 4) is 0 Å².